The lowest BCUT2D eigenvalue weighted by atomic mass is 10.1. The van der Waals surface area contributed by atoms with Crippen LogP contribution in [0.1, 0.15) is 22.4 Å². The van der Waals surface area contributed by atoms with Crippen molar-refractivity contribution in [2.24, 2.45) is 0 Å². The molecule has 0 unspecified atom stereocenters. The third kappa shape index (κ3) is 2.94. The Kier molecular flexibility index (Phi) is 3.96. The molecule has 0 amide bonds. The quantitative estimate of drug-likeness (QED) is 0.544. The minimum absolute atomic E-state index is 0.885. The first kappa shape index (κ1) is 16.3. The molecule has 0 bridgehead atoms. The maximum atomic E-state index is 4.87. The summed E-state index contributed by atoms with van der Waals surface area (Å²) in [6.07, 6.45) is 0. The molecule has 0 aliphatic carbocycles. The Morgan fingerprint density at radius 2 is 1.62 bits per heavy atom. The molecule has 4 heteroatoms. The van der Waals surface area contributed by atoms with Gasteiger partial charge in [0.25, 0.3) is 0 Å². The maximum absolute atomic E-state index is 4.87. The van der Waals surface area contributed by atoms with E-state index in [-0.39, 0.29) is 0 Å². The Hall–Kier alpha value is -3.14. The molecule has 0 radical (unpaired) electrons. The molecular formula is C22H22N4. The smallest absolute Gasteiger partial charge is 0.161 e. The van der Waals surface area contributed by atoms with Gasteiger partial charge in [-0.1, -0.05) is 41.5 Å². The maximum Gasteiger partial charge on any atom is 0.161 e. The van der Waals surface area contributed by atoms with Gasteiger partial charge < -0.3 is 5.32 Å². The average Bonchev–Trinajstić information content (AvgIpc) is 2.94. The van der Waals surface area contributed by atoms with Gasteiger partial charge in [-0.25, -0.2) is 4.98 Å². The van der Waals surface area contributed by atoms with Crippen LogP contribution in [0.5, 0.6) is 0 Å². The molecule has 0 saturated heterocycles. The van der Waals surface area contributed by atoms with E-state index < -0.39 is 0 Å². The van der Waals surface area contributed by atoms with E-state index in [4.69, 9.17) is 10.1 Å². The summed E-state index contributed by atoms with van der Waals surface area (Å²) in [5.41, 5.74) is 8.52. The lowest BCUT2D eigenvalue weighted by Crippen LogP contribution is -2.02. The Labute approximate surface area is 153 Å². The minimum atomic E-state index is 0.885. The Balaban J connectivity index is 1.86. The highest BCUT2D eigenvalue weighted by atomic mass is 15.3. The molecule has 0 atom stereocenters. The van der Waals surface area contributed by atoms with E-state index in [1.165, 1.54) is 11.1 Å². The first-order valence-corrected chi connectivity index (χ1v) is 8.79. The summed E-state index contributed by atoms with van der Waals surface area (Å²) in [5, 5.41) is 8.35. The fourth-order valence-corrected chi connectivity index (χ4v) is 3.19. The molecule has 4 rings (SSSR count). The molecule has 0 saturated carbocycles. The summed E-state index contributed by atoms with van der Waals surface area (Å²) in [4.78, 5) is 4.72. The molecule has 1 N–H and O–H groups in total. The average molecular weight is 342 g/mol. The predicted octanol–water partition coefficient (Wildman–Crippen LogP) is 5.37. The second-order valence-corrected chi connectivity index (χ2v) is 6.85. The van der Waals surface area contributed by atoms with Crippen LogP contribution in [0.25, 0.3) is 16.9 Å². The van der Waals surface area contributed by atoms with E-state index in [2.05, 4.69) is 74.6 Å². The topological polar surface area (TPSA) is 42.2 Å². The second kappa shape index (κ2) is 6.30. The van der Waals surface area contributed by atoms with E-state index in [9.17, 15) is 0 Å². The second-order valence-electron chi connectivity index (χ2n) is 6.85. The molecule has 4 nitrogen and oxygen atoms in total. The van der Waals surface area contributed by atoms with Gasteiger partial charge in [0.1, 0.15) is 5.82 Å². The highest BCUT2D eigenvalue weighted by Gasteiger charge is 2.15. The van der Waals surface area contributed by atoms with Crippen LogP contribution >= 0.6 is 0 Å². The van der Waals surface area contributed by atoms with Crippen molar-refractivity contribution in [3.8, 4) is 11.3 Å². The SMILES string of the molecule is Cc1ccc(Nc2cc(C)nc3c(C)c(-c4cccc(C)c4)nn23)cc1. The number of nitrogens with zero attached hydrogens (tertiary/aromatic N) is 3. The van der Waals surface area contributed by atoms with Crippen molar-refractivity contribution in [3.63, 3.8) is 0 Å². The third-order valence-corrected chi connectivity index (χ3v) is 4.56. The number of nitrogens with one attached hydrogen (secondary N) is 1. The molecule has 0 aliphatic rings. The largest absolute Gasteiger partial charge is 0.340 e. The summed E-state index contributed by atoms with van der Waals surface area (Å²) in [6.45, 7) is 8.28. The van der Waals surface area contributed by atoms with Gasteiger partial charge in [0.2, 0.25) is 0 Å². The van der Waals surface area contributed by atoms with Crippen molar-refractivity contribution in [1.29, 1.82) is 0 Å². The van der Waals surface area contributed by atoms with Gasteiger partial charge in [-0.3, -0.25) is 0 Å². The first-order valence-electron chi connectivity index (χ1n) is 8.79. The van der Waals surface area contributed by atoms with Crippen molar-refractivity contribution >= 4 is 17.2 Å². The number of aryl methyl sites for hydroxylation is 4. The standard InChI is InChI=1S/C22H22N4/c1-14-8-10-19(11-9-14)24-20-13-16(3)23-22-17(4)21(25-26(20)22)18-7-5-6-15(2)12-18/h5-13,24H,1-4H3. The lowest BCUT2D eigenvalue weighted by Gasteiger charge is -2.09. The highest BCUT2D eigenvalue weighted by Crippen LogP contribution is 2.28. The Morgan fingerprint density at radius 1 is 0.846 bits per heavy atom. The van der Waals surface area contributed by atoms with Crippen LogP contribution in [-0.2, 0) is 0 Å². The fraction of sp³-hybridized carbons (Fsp3) is 0.182. The van der Waals surface area contributed by atoms with Crippen LogP contribution in [0.4, 0.5) is 11.5 Å². The van der Waals surface area contributed by atoms with Crippen LogP contribution in [0.15, 0.2) is 54.6 Å². The third-order valence-electron chi connectivity index (χ3n) is 4.56. The van der Waals surface area contributed by atoms with Crippen LogP contribution in [0.2, 0.25) is 0 Å². The summed E-state index contributed by atoms with van der Waals surface area (Å²) in [5.74, 6) is 0.915. The van der Waals surface area contributed by atoms with Crippen LogP contribution < -0.4 is 5.32 Å². The number of benzene rings is 2. The van der Waals surface area contributed by atoms with Gasteiger partial charge in [-0.2, -0.15) is 9.61 Å². The molecule has 4 aromatic rings. The number of fused-ring (bicyclic) bond motifs is 1. The number of anilines is 2. The van der Waals surface area contributed by atoms with E-state index in [0.717, 1.165) is 39.7 Å². The number of aromatic nitrogens is 3. The molecule has 0 spiro atoms. The van der Waals surface area contributed by atoms with E-state index in [1.807, 2.05) is 17.5 Å². The van der Waals surface area contributed by atoms with E-state index in [0.29, 0.717) is 0 Å². The zero-order chi connectivity index (χ0) is 18.3. The zero-order valence-electron chi connectivity index (χ0n) is 15.5. The number of rotatable bonds is 3. The van der Waals surface area contributed by atoms with Gasteiger partial charge in [-0.15, -0.1) is 0 Å². The fourth-order valence-electron chi connectivity index (χ4n) is 3.19. The van der Waals surface area contributed by atoms with Gasteiger partial charge in [0.15, 0.2) is 5.65 Å². The van der Waals surface area contributed by atoms with Crippen molar-refractivity contribution < 1.29 is 0 Å². The molecule has 2 aromatic heterocycles. The van der Waals surface area contributed by atoms with E-state index in [1.54, 1.807) is 0 Å². The Morgan fingerprint density at radius 3 is 2.35 bits per heavy atom. The van der Waals surface area contributed by atoms with E-state index >= 15 is 0 Å². The number of hydrogen-bond acceptors (Lipinski definition) is 3. The molecule has 2 heterocycles. The molecule has 130 valence electrons. The first-order chi connectivity index (χ1) is 12.5. The van der Waals surface area contributed by atoms with Gasteiger partial charge in [-0.05, 0) is 45.9 Å². The molecule has 2 aromatic carbocycles. The van der Waals surface area contributed by atoms with Crippen LogP contribution in [0.3, 0.4) is 0 Å². The van der Waals surface area contributed by atoms with Crippen LogP contribution in [-0.4, -0.2) is 14.6 Å². The number of hydrogen-bond donors (Lipinski definition) is 1. The summed E-state index contributed by atoms with van der Waals surface area (Å²) in [6, 6.07) is 18.8. The zero-order valence-corrected chi connectivity index (χ0v) is 15.5. The lowest BCUT2D eigenvalue weighted by molar-refractivity contribution is 0.941. The van der Waals surface area contributed by atoms with Crippen LogP contribution in [0, 0.1) is 27.7 Å². The molecule has 0 aliphatic heterocycles. The van der Waals surface area contributed by atoms with Gasteiger partial charge in [0.05, 0.1) is 5.69 Å². The summed E-state index contributed by atoms with van der Waals surface area (Å²) in [7, 11) is 0. The van der Waals surface area contributed by atoms with Crippen molar-refractivity contribution in [3.05, 3.63) is 77.0 Å². The van der Waals surface area contributed by atoms with Gasteiger partial charge in [0, 0.05) is 28.6 Å². The molecule has 26 heavy (non-hydrogen) atoms. The molecule has 0 fully saturated rings. The summed E-state index contributed by atoms with van der Waals surface area (Å²) < 4.78 is 1.90. The molecular weight excluding hydrogens is 320 g/mol. The monoisotopic (exact) mass is 342 g/mol. The van der Waals surface area contributed by atoms with Gasteiger partial charge >= 0.3 is 0 Å². The minimum Gasteiger partial charge on any atom is -0.340 e. The Bertz CT molecular complexity index is 1090. The van der Waals surface area contributed by atoms with Crippen molar-refractivity contribution in [1.82, 2.24) is 14.6 Å². The normalized spacial score (nSPS) is 11.1. The highest BCUT2D eigenvalue weighted by molar-refractivity contribution is 5.73. The predicted molar refractivity (Wildman–Crippen MR) is 107 cm³/mol. The van der Waals surface area contributed by atoms with Crippen molar-refractivity contribution in [2.75, 3.05) is 5.32 Å². The summed E-state index contributed by atoms with van der Waals surface area (Å²) >= 11 is 0. The van der Waals surface area contributed by atoms with Crippen molar-refractivity contribution in [2.45, 2.75) is 27.7 Å².